The third kappa shape index (κ3) is 3.09. The molecule has 0 saturated heterocycles. The highest BCUT2D eigenvalue weighted by Crippen LogP contribution is 2.36. The Morgan fingerprint density at radius 2 is 1.88 bits per heavy atom. The lowest BCUT2D eigenvalue weighted by Crippen LogP contribution is -2.01. The van der Waals surface area contributed by atoms with Gasteiger partial charge in [0.2, 0.25) is 0 Å². The number of rotatable bonds is 4. The highest BCUT2D eigenvalue weighted by molar-refractivity contribution is 7.19. The first-order valence-corrected chi connectivity index (χ1v) is 9.30. The van der Waals surface area contributed by atoms with E-state index in [4.69, 9.17) is 0 Å². The number of aryl methyl sites for hydroxylation is 1. The molecule has 0 spiro atoms. The van der Waals surface area contributed by atoms with Crippen molar-refractivity contribution in [2.45, 2.75) is 26.4 Å². The fourth-order valence-corrected chi connectivity index (χ4v) is 3.79. The van der Waals surface area contributed by atoms with Gasteiger partial charge in [-0.1, -0.05) is 13.0 Å². The maximum Gasteiger partial charge on any atom is 0.156 e. The highest BCUT2D eigenvalue weighted by atomic mass is 32.1. The van der Waals surface area contributed by atoms with Gasteiger partial charge in [0.1, 0.15) is 6.10 Å². The van der Waals surface area contributed by atoms with Gasteiger partial charge in [0, 0.05) is 29.7 Å². The van der Waals surface area contributed by atoms with Gasteiger partial charge in [-0.15, -0.1) is 11.3 Å². The fraction of sp³-hybridized carbons (Fsp3) is 0.200. The number of hydrogen-bond donors (Lipinski definition) is 1. The van der Waals surface area contributed by atoms with Gasteiger partial charge in [0.15, 0.2) is 5.82 Å². The molecule has 0 amide bonds. The number of thiazole rings is 1. The number of hydrogen-bond acceptors (Lipinski definition) is 6. The van der Waals surface area contributed by atoms with Crippen LogP contribution < -0.4 is 0 Å². The van der Waals surface area contributed by atoms with Crippen molar-refractivity contribution in [1.82, 2.24) is 19.9 Å². The van der Waals surface area contributed by atoms with E-state index in [0.717, 1.165) is 37.6 Å². The van der Waals surface area contributed by atoms with Crippen molar-refractivity contribution in [2.75, 3.05) is 0 Å². The Labute approximate surface area is 155 Å². The predicted molar refractivity (Wildman–Crippen MR) is 104 cm³/mol. The van der Waals surface area contributed by atoms with Crippen LogP contribution in [-0.2, 0) is 0 Å². The second-order valence-corrected chi connectivity index (χ2v) is 7.28. The van der Waals surface area contributed by atoms with E-state index in [1.54, 1.807) is 29.9 Å². The molecule has 3 heterocycles. The Hall–Kier alpha value is -2.70. The lowest BCUT2D eigenvalue weighted by atomic mass is 10.0. The lowest BCUT2D eigenvalue weighted by Gasteiger charge is -2.09. The zero-order valence-electron chi connectivity index (χ0n) is 14.5. The van der Waals surface area contributed by atoms with E-state index in [2.05, 4.69) is 32.1 Å². The molecule has 0 radical (unpaired) electrons. The van der Waals surface area contributed by atoms with Crippen LogP contribution in [0.1, 0.15) is 30.3 Å². The van der Waals surface area contributed by atoms with Crippen molar-refractivity contribution in [2.24, 2.45) is 0 Å². The molecule has 1 N–H and O–H groups in total. The van der Waals surface area contributed by atoms with Crippen LogP contribution >= 0.6 is 11.3 Å². The van der Waals surface area contributed by atoms with Gasteiger partial charge in [0.05, 0.1) is 20.9 Å². The van der Waals surface area contributed by atoms with Crippen LogP contribution in [-0.4, -0.2) is 25.0 Å². The number of nitrogens with zero attached hydrogens (tertiary/aromatic N) is 4. The molecule has 1 atom stereocenters. The summed E-state index contributed by atoms with van der Waals surface area (Å²) in [4.78, 5) is 17.8. The summed E-state index contributed by atoms with van der Waals surface area (Å²) in [6.07, 6.45) is 5.27. The van der Waals surface area contributed by atoms with Gasteiger partial charge in [-0.2, -0.15) is 0 Å². The zero-order chi connectivity index (χ0) is 18.1. The molecule has 130 valence electrons. The molecule has 6 heteroatoms. The van der Waals surface area contributed by atoms with Crippen molar-refractivity contribution in [1.29, 1.82) is 0 Å². The minimum absolute atomic E-state index is 0.451. The summed E-state index contributed by atoms with van der Waals surface area (Å²) in [7, 11) is 0. The van der Waals surface area contributed by atoms with Crippen LogP contribution in [0, 0.1) is 6.92 Å². The zero-order valence-corrected chi connectivity index (χ0v) is 15.4. The topological polar surface area (TPSA) is 71.8 Å². The van der Waals surface area contributed by atoms with E-state index in [-0.39, 0.29) is 0 Å². The van der Waals surface area contributed by atoms with Crippen LogP contribution in [0.2, 0.25) is 0 Å². The van der Waals surface area contributed by atoms with Crippen molar-refractivity contribution < 1.29 is 5.11 Å². The summed E-state index contributed by atoms with van der Waals surface area (Å²) in [5.41, 5.74) is 4.80. The average molecular weight is 362 g/mol. The Morgan fingerprint density at radius 1 is 1.08 bits per heavy atom. The summed E-state index contributed by atoms with van der Waals surface area (Å²) < 4.78 is 1.13. The first kappa shape index (κ1) is 16.8. The normalized spacial score (nSPS) is 12.4. The number of benzene rings is 1. The second-order valence-electron chi connectivity index (χ2n) is 6.07. The van der Waals surface area contributed by atoms with Crippen LogP contribution in [0.5, 0.6) is 0 Å². The van der Waals surface area contributed by atoms with Gasteiger partial charge >= 0.3 is 0 Å². The van der Waals surface area contributed by atoms with Crippen molar-refractivity contribution in [3.05, 3.63) is 59.8 Å². The molecule has 0 aliphatic heterocycles. The summed E-state index contributed by atoms with van der Waals surface area (Å²) in [5.74, 6) is 0.451. The Morgan fingerprint density at radius 3 is 2.58 bits per heavy atom. The minimum Gasteiger partial charge on any atom is -0.385 e. The molecular formula is C20H18N4OS. The monoisotopic (exact) mass is 362 g/mol. The highest BCUT2D eigenvalue weighted by Gasteiger charge is 2.14. The fourth-order valence-electron chi connectivity index (χ4n) is 2.86. The molecule has 0 aliphatic carbocycles. The maximum atomic E-state index is 9.89. The van der Waals surface area contributed by atoms with Crippen LogP contribution in [0.25, 0.3) is 32.6 Å². The molecule has 4 rings (SSSR count). The minimum atomic E-state index is -0.628. The maximum absolute atomic E-state index is 9.89. The third-order valence-electron chi connectivity index (χ3n) is 4.23. The van der Waals surface area contributed by atoms with Gasteiger partial charge in [-0.05, 0) is 43.2 Å². The van der Waals surface area contributed by atoms with E-state index in [1.165, 1.54) is 0 Å². The third-order valence-corrected chi connectivity index (χ3v) is 5.25. The summed E-state index contributed by atoms with van der Waals surface area (Å²) >= 11 is 1.67. The molecule has 0 bridgehead atoms. The second kappa shape index (κ2) is 6.90. The standard InChI is InChI=1S/C20H18N4OS/c1-3-18(25)20-22-10-14(11-23-20)13-8-15(16-6-4-5-7-21-16)19-17(9-13)24-12(2)26-19/h4-11,18,25H,3H2,1-2H3. The van der Waals surface area contributed by atoms with E-state index >= 15 is 0 Å². The van der Waals surface area contributed by atoms with Crippen molar-refractivity contribution in [3.63, 3.8) is 0 Å². The number of pyridine rings is 1. The van der Waals surface area contributed by atoms with E-state index in [0.29, 0.717) is 12.2 Å². The van der Waals surface area contributed by atoms with E-state index < -0.39 is 6.10 Å². The molecule has 4 aromatic rings. The van der Waals surface area contributed by atoms with Gasteiger partial charge in [-0.3, -0.25) is 4.98 Å². The van der Waals surface area contributed by atoms with E-state index in [1.807, 2.05) is 32.0 Å². The van der Waals surface area contributed by atoms with Crippen LogP contribution in [0.15, 0.2) is 48.9 Å². The molecule has 5 nitrogen and oxygen atoms in total. The molecular weight excluding hydrogens is 344 g/mol. The Balaban J connectivity index is 1.86. The predicted octanol–water partition coefficient (Wildman–Crippen LogP) is 4.57. The molecule has 26 heavy (non-hydrogen) atoms. The SMILES string of the molecule is CCC(O)c1ncc(-c2cc(-c3ccccn3)c3sc(C)nc3c2)cn1. The largest absolute Gasteiger partial charge is 0.385 e. The van der Waals surface area contributed by atoms with Gasteiger partial charge < -0.3 is 5.11 Å². The molecule has 0 saturated carbocycles. The molecule has 0 fully saturated rings. The first-order chi connectivity index (χ1) is 12.7. The molecule has 3 aromatic heterocycles. The quantitative estimate of drug-likeness (QED) is 0.576. The average Bonchev–Trinajstić information content (AvgIpc) is 3.07. The van der Waals surface area contributed by atoms with E-state index in [9.17, 15) is 5.11 Å². The number of aliphatic hydroxyl groups excluding tert-OH is 1. The van der Waals surface area contributed by atoms with Crippen molar-refractivity contribution >= 4 is 21.6 Å². The van der Waals surface area contributed by atoms with Crippen LogP contribution in [0.3, 0.4) is 0 Å². The smallest absolute Gasteiger partial charge is 0.156 e. The van der Waals surface area contributed by atoms with Gasteiger partial charge in [0.25, 0.3) is 0 Å². The van der Waals surface area contributed by atoms with Gasteiger partial charge in [-0.25, -0.2) is 15.0 Å². The number of fused-ring (bicyclic) bond motifs is 1. The Kier molecular flexibility index (Phi) is 4.44. The first-order valence-electron chi connectivity index (χ1n) is 8.48. The molecule has 1 aromatic carbocycles. The number of aliphatic hydroxyl groups is 1. The lowest BCUT2D eigenvalue weighted by molar-refractivity contribution is 0.163. The van der Waals surface area contributed by atoms with Crippen LogP contribution in [0.4, 0.5) is 0 Å². The summed E-state index contributed by atoms with van der Waals surface area (Å²) in [6, 6.07) is 10.1. The Bertz CT molecular complexity index is 1040. The molecule has 0 aliphatic rings. The summed E-state index contributed by atoms with van der Waals surface area (Å²) in [5, 5.41) is 10.9. The summed E-state index contributed by atoms with van der Waals surface area (Å²) in [6.45, 7) is 3.91. The molecule has 1 unspecified atom stereocenters. The van der Waals surface area contributed by atoms with Crippen molar-refractivity contribution in [3.8, 4) is 22.4 Å². The number of aromatic nitrogens is 4.